The number of benzene rings is 4. The number of fused-ring (bicyclic) bond motifs is 2. The minimum absolute atomic E-state index is 0.0465. The average Bonchev–Trinajstić information content (AvgIpc) is 3.43. The van der Waals surface area contributed by atoms with E-state index in [1.54, 1.807) is 0 Å². The minimum atomic E-state index is -3.87. The predicted molar refractivity (Wildman–Crippen MR) is 172 cm³/mol. The maximum atomic E-state index is 14.0. The van der Waals surface area contributed by atoms with Crippen molar-refractivity contribution in [2.45, 2.75) is 46.7 Å². The molecule has 6 rings (SSSR count). The summed E-state index contributed by atoms with van der Waals surface area (Å²) >= 11 is 0. The highest BCUT2D eigenvalue weighted by Crippen LogP contribution is 2.51. The van der Waals surface area contributed by atoms with Gasteiger partial charge in [0.05, 0.1) is 22.9 Å². The third-order valence-corrected chi connectivity index (χ3v) is 10.3. The van der Waals surface area contributed by atoms with Gasteiger partial charge in [-0.15, -0.1) is 0 Å². The van der Waals surface area contributed by atoms with Gasteiger partial charge in [-0.25, -0.2) is 52.9 Å². The van der Waals surface area contributed by atoms with Crippen molar-refractivity contribution >= 4 is 31.0 Å². The maximum absolute atomic E-state index is 14.0. The topological polar surface area (TPSA) is 136 Å². The highest BCUT2D eigenvalue weighted by Gasteiger charge is 2.51. The van der Waals surface area contributed by atoms with Crippen molar-refractivity contribution in [3.8, 4) is 23.0 Å². The number of aliphatic hydroxyl groups is 2. The van der Waals surface area contributed by atoms with Gasteiger partial charge in [-0.1, -0.05) is 0 Å². The van der Waals surface area contributed by atoms with Crippen molar-refractivity contribution < 1.29 is 62.9 Å². The summed E-state index contributed by atoms with van der Waals surface area (Å²) in [7, 11) is -7.73. The smallest absolute Gasteiger partial charge is 0.281 e. The van der Waals surface area contributed by atoms with Crippen molar-refractivity contribution in [2.75, 3.05) is 12.5 Å². The monoisotopic (exact) mass is 766 g/mol. The lowest BCUT2D eigenvalue weighted by Crippen LogP contribution is -2.22. The predicted octanol–water partition coefficient (Wildman–Crippen LogP) is 7.59. The summed E-state index contributed by atoms with van der Waals surface area (Å²) in [6.07, 6.45) is -4.74. The van der Waals surface area contributed by atoms with Crippen molar-refractivity contribution in [1.82, 2.24) is 0 Å². The van der Waals surface area contributed by atoms with Gasteiger partial charge in [0.2, 0.25) is 0 Å². The second kappa shape index (κ2) is 13.4. The molecule has 0 amide bonds. The van der Waals surface area contributed by atoms with E-state index in [0.29, 0.717) is 0 Å². The van der Waals surface area contributed by atoms with Crippen molar-refractivity contribution in [3.63, 3.8) is 0 Å². The zero-order chi connectivity index (χ0) is 38.6. The molecule has 4 aromatic rings. The van der Waals surface area contributed by atoms with Gasteiger partial charge < -0.3 is 19.7 Å². The van der Waals surface area contributed by atoms with Crippen molar-refractivity contribution in [2.24, 2.45) is 0 Å². The number of hydrogen-bond acceptors (Lipinski definition) is 8. The Balaban J connectivity index is 0.000000201. The Morgan fingerprint density at radius 2 is 1.00 bits per heavy atom. The molecule has 18 heteroatoms. The zero-order valence-corrected chi connectivity index (χ0v) is 28.3. The van der Waals surface area contributed by atoms with Gasteiger partial charge in [0.15, 0.2) is 31.0 Å². The molecule has 0 aliphatic heterocycles. The first kappa shape index (κ1) is 38.1. The first-order chi connectivity index (χ1) is 24.1. The summed E-state index contributed by atoms with van der Waals surface area (Å²) < 4.78 is 141. The lowest BCUT2D eigenvalue weighted by Gasteiger charge is -2.15. The first-order valence-electron chi connectivity index (χ1n) is 14.6. The Kier molecular flexibility index (Phi) is 9.85. The molecule has 0 aromatic heterocycles. The number of rotatable bonds is 6. The lowest BCUT2D eigenvalue weighted by atomic mass is 10.1. The summed E-state index contributed by atoms with van der Waals surface area (Å²) in [5, 5.41) is 19.8. The van der Waals surface area contributed by atoms with Crippen LogP contribution in [0.15, 0.2) is 70.5 Å². The molecule has 2 N–H and O–H groups in total. The number of hydrogen-bond donors (Lipinski definition) is 2. The molecular weight excluding hydrogens is 743 g/mol. The van der Waals surface area contributed by atoms with Gasteiger partial charge in [0, 0.05) is 59.7 Å². The molecular formula is C34H24F6N2O8S2. The number of aliphatic hydroxyl groups excluding tert-OH is 2. The standard InChI is InChI=1S/2C17H12F3NO4S/c2*1-21-10-5-9(18)6-11(7-10)25-13-3-4-14(26(2,23)24)15-12(13)8-17(19,20)16(15)22/h2*3-7,16,22H,8H2,2H3. The summed E-state index contributed by atoms with van der Waals surface area (Å²) in [4.78, 5) is 5.33. The van der Waals surface area contributed by atoms with Gasteiger partial charge >= 0.3 is 0 Å². The fourth-order valence-electron chi connectivity index (χ4n) is 5.73. The van der Waals surface area contributed by atoms with Gasteiger partial charge in [0.25, 0.3) is 11.8 Å². The summed E-state index contributed by atoms with van der Waals surface area (Å²) in [5.41, 5.74) is -1.27. The SMILES string of the molecule is [C-]#[N+]c1cc(F)cc(Oc2ccc(S(C)(=O)=O)c3c2CC(F)(F)C3O)c1.[C-]#[N+]c1cc(F)cc(Oc2ccc(S(C)(=O)=O)c3c2CC(F)(F)C3O)c1. The third kappa shape index (κ3) is 7.56. The van der Waals surface area contributed by atoms with E-state index in [-0.39, 0.29) is 45.5 Å². The Bertz CT molecular complexity index is 2260. The number of halogens is 6. The van der Waals surface area contributed by atoms with Gasteiger partial charge in [0.1, 0.15) is 46.8 Å². The lowest BCUT2D eigenvalue weighted by molar-refractivity contribution is -0.0978. The average molecular weight is 767 g/mol. The molecule has 52 heavy (non-hydrogen) atoms. The van der Waals surface area contributed by atoms with Gasteiger partial charge in [-0.05, 0) is 48.5 Å². The molecule has 0 saturated carbocycles. The van der Waals surface area contributed by atoms with Crippen molar-refractivity contribution in [1.29, 1.82) is 0 Å². The van der Waals surface area contributed by atoms with Crippen LogP contribution in [0.3, 0.4) is 0 Å². The number of ether oxygens (including phenoxy) is 2. The molecule has 2 aliphatic carbocycles. The number of sulfone groups is 2. The maximum Gasteiger partial charge on any atom is 0.281 e. The molecule has 2 atom stereocenters. The summed E-state index contributed by atoms with van der Waals surface area (Å²) in [6, 6.07) is 10.8. The first-order valence-corrected chi connectivity index (χ1v) is 18.4. The molecule has 0 fully saturated rings. The van der Waals surface area contributed by atoms with Gasteiger partial charge in [-0.2, -0.15) is 0 Å². The Hall–Kier alpha value is -5.14. The van der Waals surface area contributed by atoms with Crippen molar-refractivity contribution in [3.05, 3.63) is 117 Å². The van der Waals surface area contributed by atoms with E-state index in [1.165, 1.54) is 24.3 Å². The number of nitrogens with zero attached hydrogens (tertiary/aromatic N) is 2. The highest BCUT2D eigenvalue weighted by molar-refractivity contribution is 7.91. The fourth-order valence-corrected chi connectivity index (χ4v) is 7.63. The second-order valence-electron chi connectivity index (χ2n) is 11.9. The molecule has 272 valence electrons. The number of alkyl halides is 4. The van der Waals surface area contributed by atoms with Crippen LogP contribution >= 0.6 is 0 Å². The normalized spacial score (nSPS) is 18.2. The minimum Gasteiger partial charge on any atom is -0.458 e. The van der Waals surface area contributed by atoms with E-state index in [2.05, 4.69) is 9.69 Å². The molecule has 0 radical (unpaired) electrons. The molecule has 0 spiro atoms. The van der Waals surface area contributed by atoms with Crippen LogP contribution in [0.25, 0.3) is 9.69 Å². The van der Waals surface area contributed by atoms with E-state index >= 15 is 0 Å². The molecule has 2 unspecified atom stereocenters. The van der Waals surface area contributed by atoms with Crippen LogP contribution in [0.4, 0.5) is 37.7 Å². The van der Waals surface area contributed by atoms with E-state index in [1.807, 2.05) is 0 Å². The molecule has 4 aromatic carbocycles. The Labute approximate surface area is 293 Å². The fraction of sp³-hybridized carbons (Fsp3) is 0.235. The van der Waals surface area contributed by atoms with E-state index in [4.69, 9.17) is 22.6 Å². The van der Waals surface area contributed by atoms with Crippen LogP contribution < -0.4 is 9.47 Å². The van der Waals surface area contributed by atoms with E-state index < -0.39 is 89.1 Å². The van der Waals surface area contributed by atoms with Crippen LogP contribution in [-0.2, 0) is 32.5 Å². The second-order valence-corrected chi connectivity index (χ2v) is 15.8. The van der Waals surface area contributed by atoms with Crippen LogP contribution in [0.1, 0.15) is 34.5 Å². The molecule has 0 heterocycles. The zero-order valence-electron chi connectivity index (χ0n) is 26.7. The van der Waals surface area contributed by atoms with E-state index in [9.17, 15) is 53.4 Å². The van der Waals surface area contributed by atoms with Crippen LogP contribution in [-0.4, -0.2) is 51.4 Å². The Morgan fingerprint density at radius 3 is 1.31 bits per heavy atom. The third-order valence-electron chi connectivity index (χ3n) is 7.94. The summed E-state index contributed by atoms with van der Waals surface area (Å²) in [5.74, 6) is -9.10. The van der Waals surface area contributed by atoms with Gasteiger partial charge in [-0.3, -0.25) is 0 Å². The molecule has 0 bridgehead atoms. The summed E-state index contributed by atoms with van der Waals surface area (Å²) in [6.45, 7) is 13.8. The van der Waals surface area contributed by atoms with Crippen LogP contribution in [0.2, 0.25) is 0 Å². The largest absolute Gasteiger partial charge is 0.458 e. The highest BCUT2D eigenvalue weighted by atomic mass is 32.2. The van der Waals surface area contributed by atoms with E-state index in [0.717, 1.165) is 48.9 Å². The van der Waals surface area contributed by atoms with Crippen LogP contribution in [0, 0.1) is 24.8 Å². The molecule has 0 saturated heterocycles. The molecule has 2 aliphatic rings. The molecule has 10 nitrogen and oxygen atoms in total. The van der Waals surface area contributed by atoms with Crippen LogP contribution in [0.5, 0.6) is 23.0 Å². The Morgan fingerprint density at radius 1 is 0.654 bits per heavy atom. The quantitative estimate of drug-likeness (QED) is 0.151.